The van der Waals surface area contributed by atoms with Crippen molar-refractivity contribution in [2.75, 3.05) is 30.8 Å². The van der Waals surface area contributed by atoms with E-state index in [4.69, 9.17) is 15.2 Å². The van der Waals surface area contributed by atoms with Gasteiger partial charge in [0.05, 0.1) is 29.6 Å². The molecular formula is C15H22N2O3. The van der Waals surface area contributed by atoms with Crippen molar-refractivity contribution in [3.63, 3.8) is 0 Å². The van der Waals surface area contributed by atoms with Crippen LogP contribution in [0.2, 0.25) is 0 Å². The molecule has 0 amide bonds. The number of hydrogen-bond acceptors (Lipinski definition) is 5. The van der Waals surface area contributed by atoms with E-state index in [1.54, 1.807) is 25.1 Å². The maximum atomic E-state index is 11.7. The van der Waals surface area contributed by atoms with Gasteiger partial charge in [0, 0.05) is 13.2 Å². The van der Waals surface area contributed by atoms with Gasteiger partial charge in [-0.1, -0.05) is 0 Å². The summed E-state index contributed by atoms with van der Waals surface area (Å²) in [7, 11) is 0. The number of anilines is 2. The third-order valence-electron chi connectivity index (χ3n) is 3.36. The zero-order valence-electron chi connectivity index (χ0n) is 11.9. The van der Waals surface area contributed by atoms with Crippen molar-refractivity contribution in [2.45, 2.75) is 32.3 Å². The molecule has 0 aliphatic carbocycles. The van der Waals surface area contributed by atoms with E-state index in [1.165, 1.54) is 6.42 Å². The Morgan fingerprint density at radius 1 is 1.50 bits per heavy atom. The van der Waals surface area contributed by atoms with Gasteiger partial charge in [-0.05, 0) is 44.4 Å². The Morgan fingerprint density at radius 2 is 2.35 bits per heavy atom. The van der Waals surface area contributed by atoms with E-state index >= 15 is 0 Å². The number of benzene rings is 1. The summed E-state index contributed by atoms with van der Waals surface area (Å²) in [5.74, 6) is -0.329. The normalized spacial score (nSPS) is 18.6. The van der Waals surface area contributed by atoms with Gasteiger partial charge in [0.1, 0.15) is 0 Å². The van der Waals surface area contributed by atoms with Crippen LogP contribution in [0.1, 0.15) is 36.5 Å². The lowest BCUT2D eigenvalue weighted by molar-refractivity contribution is 0.0248. The molecule has 1 saturated heterocycles. The molecule has 0 bridgehead atoms. The lowest BCUT2D eigenvalue weighted by atomic mass is 10.1. The van der Waals surface area contributed by atoms with E-state index in [0.717, 1.165) is 25.1 Å². The first-order valence-electron chi connectivity index (χ1n) is 7.13. The molecule has 110 valence electrons. The van der Waals surface area contributed by atoms with Crippen molar-refractivity contribution in [1.29, 1.82) is 0 Å². The second-order valence-corrected chi connectivity index (χ2v) is 4.89. The topological polar surface area (TPSA) is 73.6 Å². The smallest absolute Gasteiger partial charge is 0.338 e. The molecule has 2 rings (SSSR count). The fraction of sp³-hybridized carbons (Fsp3) is 0.533. The Hall–Kier alpha value is -1.75. The molecule has 1 aromatic rings. The summed E-state index contributed by atoms with van der Waals surface area (Å²) in [6.45, 7) is 3.68. The highest BCUT2D eigenvalue weighted by Gasteiger charge is 2.15. The highest BCUT2D eigenvalue weighted by Crippen LogP contribution is 2.22. The molecule has 1 aliphatic heterocycles. The summed E-state index contributed by atoms with van der Waals surface area (Å²) in [6.07, 6.45) is 3.61. The first-order valence-corrected chi connectivity index (χ1v) is 7.13. The van der Waals surface area contributed by atoms with Crippen LogP contribution in [0.15, 0.2) is 18.2 Å². The quantitative estimate of drug-likeness (QED) is 0.639. The van der Waals surface area contributed by atoms with Gasteiger partial charge in [0.2, 0.25) is 0 Å². The lowest BCUT2D eigenvalue weighted by Crippen LogP contribution is -2.27. The zero-order chi connectivity index (χ0) is 14.4. The fourth-order valence-corrected chi connectivity index (χ4v) is 2.24. The van der Waals surface area contributed by atoms with Crippen molar-refractivity contribution < 1.29 is 14.3 Å². The van der Waals surface area contributed by atoms with Crippen LogP contribution in [-0.2, 0) is 9.47 Å². The third-order valence-corrected chi connectivity index (χ3v) is 3.36. The molecule has 0 saturated carbocycles. The van der Waals surface area contributed by atoms with Crippen LogP contribution in [0.5, 0.6) is 0 Å². The molecule has 0 aromatic heterocycles. The minimum absolute atomic E-state index is 0.217. The predicted octanol–water partition coefficient (Wildman–Crippen LogP) is 2.43. The average Bonchev–Trinajstić information content (AvgIpc) is 2.47. The number of rotatable bonds is 5. The average molecular weight is 278 g/mol. The number of carbonyl (C=O) groups is 1. The largest absolute Gasteiger partial charge is 0.462 e. The van der Waals surface area contributed by atoms with Crippen LogP contribution in [0.4, 0.5) is 11.4 Å². The van der Waals surface area contributed by atoms with Gasteiger partial charge in [-0.3, -0.25) is 0 Å². The minimum Gasteiger partial charge on any atom is -0.462 e. The van der Waals surface area contributed by atoms with Crippen molar-refractivity contribution >= 4 is 17.3 Å². The van der Waals surface area contributed by atoms with Crippen molar-refractivity contribution in [3.8, 4) is 0 Å². The molecule has 5 nitrogen and oxygen atoms in total. The Kier molecular flexibility index (Phi) is 5.24. The van der Waals surface area contributed by atoms with Crippen LogP contribution in [0.25, 0.3) is 0 Å². The number of esters is 1. The number of nitrogens with two attached hydrogens (primary N) is 1. The number of nitrogen functional groups attached to an aromatic ring is 1. The van der Waals surface area contributed by atoms with Crippen LogP contribution in [-0.4, -0.2) is 31.8 Å². The second-order valence-electron chi connectivity index (χ2n) is 4.89. The summed E-state index contributed by atoms with van der Waals surface area (Å²) < 4.78 is 10.6. The Balaban J connectivity index is 1.98. The van der Waals surface area contributed by atoms with Gasteiger partial charge in [0.25, 0.3) is 0 Å². The third kappa shape index (κ3) is 3.87. The molecule has 0 radical (unpaired) electrons. The standard InChI is InChI=1S/C15H22N2O3/c1-2-19-15(18)11-6-7-13(16)14(9-11)17-10-12-5-3-4-8-20-12/h6-7,9,12,17H,2-5,8,10,16H2,1H3. The molecule has 5 heteroatoms. The monoisotopic (exact) mass is 278 g/mol. The lowest BCUT2D eigenvalue weighted by Gasteiger charge is -2.23. The number of ether oxygens (including phenoxy) is 2. The van der Waals surface area contributed by atoms with Gasteiger partial charge in [-0.2, -0.15) is 0 Å². The van der Waals surface area contributed by atoms with Gasteiger partial charge >= 0.3 is 5.97 Å². The number of nitrogens with one attached hydrogen (secondary N) is 1. The molecule has 1 aromatic carbocycles. The van der Waals surface area contributed by atoms with Crippen molar-refractivity contribution in [1.82, 2.24) is 0 Å². The SMILES string of the molecule is CCOC(=O)c1ccc(N)c(NCC2CCCCO2)c1. The maximum absolute atomic E-state index is 11.7. The predicted molar refractivity (Wildman–Crippen MR) is 78.9 cm³/mol. The van der Waals surface area contributed by atoms with Crippen LogP contribution in [0.3, 0.4) is 0 Å². The van der Waals surface area contributed by atoms with Gasteiger partial charge in [-0.25, -0.2) is 4.79 Å². The van der Waals surface area contributed by atoms with Crippen LogP contribution >= 0.6 is 0 Å². The molecule has 1 atom stereocenters. The Morgan fingerprint density at radius 3 is 3.05 bits per heavy atom. The summed E-state index contributed by atoms with van der Waals surface area (Å²) in [6, 6.07) is 5.13. The fourth-order valence-electron chi connectivity index (χ4n) is 2.24. The van der Waals surface area contributed by atoms with E-state index in [1.807, 2.05) is 0 Å². The van der Waals surface area contributed by atoms with Crippen molar-refractivity contribution in [2.24, 2.45) is 0 Å². The van der Waals surface area contributed by atoms with E-state index < -0.39 is 0 Å². The summed E-state index contributed by atoms with van der Waals surface area (Å²) in [5, 5.41) is 3.26. The van der Waals surface area contributed by atoms with E-state index in [-0.39, 0.29) is 12.1 Å². The van der Waals surface area contributed by atoms with Crippen LogP contribution < -0.4 is 11.1 Å². The van der Waals surface area contributed by atoms with E-state index in [9.17, 15) is 4.79 Å². The highest BCUT2D eigenvalue weighted by molar-refractivity contribution is 5.92. The first-order chi connectivity index (χ1) is 9.70. The minimum atomic E-state index is -0.329. The number of carbonyl (C=O) groups excluding carboxylic acids is 1. The van der Waals surface area contributed by atoms with Crippen LogP contribution in [0, 0.1) is 0 Å². The first kappa shape index (κ1) is 14.7. The van der Waals surface area contributed by atoms with E-state index in [0.29, 0.717) is 24.4 Å². The molecule has 1 fully saturated rings. The molecular weight excluding hydrogens is 256 g/mol. The molecule has 1 heterocycles. The van der Waals surface area contributed by atoms with Gasteiger partial charge in [0.15, 0.2) is 0 Å². The molecule has 3 N–H and O–H groups in total. The molecule has 1 unspecified atom stereocenters. The Bertz CT molecular complexity index is 456. The maximum Gasteiger partial charge on any atom is 0.338 e. The molecule has 0 spiro atoms. The summed E-state index contributed by atoms with van der Waals surface area (Å²) >= 11 is 0. The number of hydrogen-bond donors (Lipinski definition) is 2. The molecule has 20 heavy (non-hydrogen) atoms. The van der Waals surface area contributed by atoms with Gasteiger partial charge < -0.3 is 20.5 Å². The second kappa shape index (κ2) is 7.14. The Labute approximate surface area is 119 Å². The zero-order valence-corrected chi connectivity index (χ0v) is 11.9. The summed E-state index contributed by atoms with van der Waals surface area (Å²) in [5.41, 5.74) is 7.80. The highest BCUT2D eigenvalue weighted by atomic mass is 16.5. The van der Waals surface area contributed by atoms with Gasteiger partial charge in [-0.15, -0.1) is 0 Å². The molecule has 1 aliphatic rings. The van der Waals surface area contributed by atoms with Crippen molar-refractivity contribution in [3.05, 3.63) is 23.8 Å². The van der Waals surface area contributed by atoms with E-state index in [2.05, 4.69) is 5.32 Å². The summed E-state index contributed by atoms with van der Waals surface area (Å²) in [4.78, 5) is 11.7.